The van der Waals surface area contributed by atoms with Gasteiger partial charge in [-0.15, -0.1) is 0 Å². The molecular formula is C14H11F3N4O2. The van der Waals surface area contributed by atoms with Gasteiger partial charge in [0.1, 0.15) is 5.69 Å². The Balaban J connectivity index is 2.37. The molecule has 0 unspecified atom stereocenters. The molecule has 2 N–H and O–H groups in total. The molecule has 0 aliphatic rings. The average molecular weight is 324 g/mol. The fraction of sp³-hybridized carbons (Fsp3) is 0.143. The number of anilines is 1. The number of benzene rings is 1. The molecule has 0 radical (unpaired) electrons. The van der Waals surface area contributed by atoms with Crippen molar-refractivity contribution in [1.29, 1.82) is 0 Å². The maximum Gasteiger partial charge on any atom is 0.431 e. The van der Waals surface area contributed by atoms with E-state index in [1.807, 2.05) is 0 Å². The molecule has 9 heteroatoms. The van der Waals surface area contributed by atoms with Gasteiger partial charge in [0.2, 0.25) is 0 Å². The zero-order valence-corrected chi connectivity index (χ0v) is 11.8. The molecular weight excluding hydrogens is 313 g/mol. The van der Waals surface area contributed by atoms with Crippen molar-refractivity contribution in [2.24, 2.45) is 7.05 Å². The van der Waals surface area contributed by atoms with Gasteiger partial charge in [0.25, 0.3) is 5.56 Å². The number of hydrogen-bond acceptors (Lipinski definition) is 3. The van der Waals surface area contributed by atoms with E-state index in [4.69, 9.17) is 5.73 Å². The molecule has 0 saturated heterocycles. The van der Waals surface area contributed by atoms with Crippen LogP contribution in [-0.2, 0) is 13.2 Å². The number of aromatic nitrogens is 3. The van der Waals surface area contributed by atoms with E-state index in [9.17, 15) is 22.8 Å². The van der Waals surface area contributed by atoms with Gasteiger partial charge < -0.3 is 5.73 Å². The standard InChI is InChI=1S/C14H11F3N4O2/c1-19-11(14(15,16)17)7-12(22)21(13(19)23)20-5-4-8-2-3-9(18)6-10(8)20/h2-7H,18H2,1H3. The third-order valence-corrected chi connectivity index (χ3v) is 3.50. The van der Waals surface area contributed by atoms with Gasteiger partial charge in [0, 0.05) is 30.4 Å². The van der Waals surface area contributed by atoms with Crippen LogP contribution >= 0.6 is 0 Å². The fourth-order valence-corrected chi connectivity index (χ4v) is 2.39. The molecule has 3 aromatic rings. The Morgan fingerprint density at radius 2 is 1.78 bits per heavy atom. The molecule has 0 amide bonds. The lowest BCUT2D eigenvalue weighted by molar-refractivity contribution is -0.144. The Kier molecular flexibility index (Phi) is 3.10. The highest BCUT2D eigenvalue weighted by Crippen LogP contribution is 2.27. The summed E-state index contributed by atoms with van der Waals surface area (Å²) in [7, 11) is 0.959. The molecule has 1 aromatic carbocycles. The maximum atomic E-state index is 12.9. The lowest BCUT2D eigenvalue weighted by Gasteiger charge is -2.15. The molecule has 0 atom stereocenters. The van der Waals surface area contributed by atoms with Crippen molar-refractivity contribution in [2.45, 2.75) is 6.18 Å². The van der Waals surface area contributed by atoms with E-state index in [2.05, 4.69) is 0 Å². The molecule has 0 spiro atoms. The maximum absolute atomic E-state index is 12.9. The third-order valence-electron chi connectivity index (χ3n) is 3.50. The third kappa shape index (κ3) is 2.30. The number of hydrogen-bond donors (Lipinski definition) is 1. The number of nitrogens with two attached hydrogens (primary N) is 1. The summed E-state index contributed by atoms with van der Waals surface area (Å²) in [5, 5.41) is 0.688. The Morgan fingerprint density at radius 3 is 2.43 bits per heavy atom. The highest BCUT2D eigenvalue weighted by atomic mass is 19.4. The summed E-state index contributed by atoms with van der Waals surface area (Å²) in [5.41, 5.74) is 3.02. The second-order valence-electron chi connectivity index (χ2n) is 5.00. The molecule has 0 fully saturated rings. The number of alkyl halides is 3. The normalized spacial score (nSPS) is 12.0. The first kappa shape index (κ1) is 14.9. The fourth-order valence-electron chi connectivity index (χ4n) is 2.39. The van der Waals surface area contributed by atoms with Gasteiger partial charge in [0.05, 0.1) is 5.52 Å². The molecule has 2 heterocycles. The monoisotopic (exact) mass is 324 g/mol. The minimum atomic E-state index is -4.80. The van der Waals surface area contributed by atoms with Crippen LogP contribution in [0.4, 0.5) is 18.9 Å². The summed E-state index contributed by atoms with van der Waals surface area (Å²) in [6.45, 7) is 0. The molecule has 120 valence electrons. The number of fused-ring (bicyclic) bond motifs is 1. The second kappa shape index (κ2) is 4.77. The van der Waals surface area contributed by atoms with Crippen LogP contribution in [0.3, 0.4) is 0 Å². The van der Waals surface area contributed by atoms with E-state index in [1.165, 1.54) is 16.9 Å². The SMILES string of the molecule is Cn1c(C(F)(F)F)cc(=O)n(-n2ccc3ccc(N)cc32)c1=O. The van der Waals surface area contributed by atoms with Crippen LogP contribution < -0.4 is 17.0 Å². The Hall–Kier alpha value is -2.97. The van der Waals surface area contributed by atoms with Crippen LogP contribution in [-0.4, -0.2) is 13.9 Å². The average Bonchev–Trinajstić information content (AvgIpc) is 2.85. The van der Waals surface area contributed by atoms with Crippen molar-refractivity contribution < 1.29 is 13.2 Å². The zero-order chi connectivity index (χ0) is 16.9. The topological polar surface area (TPSA) is 74.9 Å². The highest BCUT2D eigenvalue weighted by molar-refractivity contribution is 5.83. The molecule has 3 rings (SSSR count). The lowest BCUT2D eigenvalue weighted by atomic mass is 10.2. The summed E-state index contributed by atoms with van der Waals surface area (Å²) in [4.78, 5) is 24.3. The number of rotatable bonds is 1. The van der Waals surface area contributed by atoms with Gasteiger partial charge in [-0.1, -0.05) is 6.07 Å². The van der Waals surface area contributed by atoms with E-state index in [-0.39, 0.29) is 0 Å². The van der Waals surface area contributed by atoms with Crippen molar-refractivity contribution in [2.75, 3.05) is 5.73 Å². The van der Waals surface area contributed by atoms with Crippen molar-refractivity contribution in [3.05, 3.63) is 63.1 Å². The zero-order valence-electron chi connectivity index (χ0n) is 11.8. The first-order valence-corrected chi connectivity index (χ1v) is 6.47. The first-order chi connectivity index (χ1) is 10.7. The summed E-state index contributed by atoms with van der Waals surface area (Å²) in [5.74, 6) is 0. The van der Waals surface area contributed by atoms with Crippen LogP contribution in [0, 0.1) is 0 Å². The van der Waals surface area contributed by atoms with Gasteiger partial charge in [-0.2, -0.15) is 17.8 Å². The van der Waals surface area contributed by atoms with Gasteiger partial charge in [-0.3, -0.25) is 9.36 Å². The van der Waals surface area contributed by atoms with Crippen LogP contribution in [0.15, 0.2) is 46.1 Å². The van der Waals surface area contributed by atoms with Crippen molar-refractivity contribution in [3.8, 4) is 0 Å². The van der Waals surface area contributed by atoms with Gasteiger partial charge in [-0.05, 0) is 18.2 Å². The van der Waals surface area contributed by atoms with Gasteiger partial charge >= 0.3 is 11.9 Å². The Bertz CT molecular complexity index is 1030. The van der Waals surface area contributed by atoms with E-state index in [0.717, 1.165) is 7.05 Å². The van der Waals surface area contributed by atoms with Crippen LogP contribution in [0.25, 0.3) is 10.9 Å². The van der Waals surface area contributed by atoms with Gasteiger partial charge in [0.15, 0.2) is 0 Å². The van der Waals surface area contributed by atoms with E-state index < -0.39 is 23.1 Å². The minimum Gasteiger partial charge on any atom is -0.399 e. The number of nitrogen functional groups attached to an aromatic ring is 1. The molecule has 6 nitrogen and oxygen atoms in total. The minimum absolute atomic E-state index is 0.388. The van der Waals surface area contributed by atoms with E-state index in [0.29, 0.717) is 31.9 Å². The second-order valence-corrected chi connectivity index (χ2v) is 5.00. The number of halogens is 3. The van der Waals surface area contributed by atoms with Crippen molar-refractivity contribution in [3.63, 3.8) is 0 Å². The molecule has 0 bridgehead atoms. The molecule has 2 aromatic heterocycles. The van der Waals surface area contributed by atoms with Gasteiger partial charge in [-0.25, -0.2) is 9.47 Å². The van der Waals surface area contributed by atoms with Crippen molar-refractivity contribution >= 4 is 16.6 Å². The first-order valence-electron chi connectivity index (χ1n) is 6.47. The number of nitrogens with zero attached hydrogens (tertiary/aromatic N) is 3. The smallest absolute Gasteiger partial charge is 0.399 e. The van der Waals surface area contributed by atoms with Crippen LogP contribution in [0.5, 0.6) is 0 Å². The largest absolute Gasteiger partial charge is 0.431 e. The molecule has 23 heavy (non-hydrogen) atoms. The molecule has 0 aliphatic heterocycles. The summed E-state index contributed by atoms with van der Waals surface area (Å²) in [6.07, 6.45) is -3.38. The predicted octanol–water partition coefficient (Wildman–Crippen LogP) is 1.41. The molecule has 0 saturated carbocycles. The summed E-state index contributed by atoms with van der Waals surface area (Å²) < 4.78 is 40.8. The quantitative estimate of drug-likeness (QED) is 0.688. The lowest BCUT2D eigenvalue weighted by Crippen LogP contribution is -2.44. The summed E-state index contributed by atoms with van der Waals surface area (Å²) in [6, 6.07) is 6.86. The van der Waals surface area contributed by atoms with Crippen LogP contribution in [0.1, 0.15) is 5.69 Å². The Morgan fingerprint density at radius 1 is 1.09 bits per heavy atom. The predicted molar refractivity (Wildman–Crippen MR) is 78.1 cm³/mol. The Labute approximate surface area is 126 Å². The van der Waals surface area contributed by atoms with E-state index >= 15 is 0 Å². The van der Waals surface area contributed by atoms with Crippen LogP contribution in [0.2, 0.25) is 0 Å². The summed E-state index contributed by atoms with van der Waals surface area (Å²) >= 11 is 0. The molecule has 0 aliphatic carbocycles. The van der Waals surface area contributed by atoms with E-state index in [1.54, 1.807) is 18.2 Å². The highest BCUT2D eigenvalue weighted by Gasteiger charge is 2.35. The van der Waals surface area contributed by atoms with Crippen molar-refractivity contribution in [1.82, 2.24) is 13.9 Å².